The van der Waals surface area contributed by atoms with Crippen LogP contribution in [0.2, 0.25) is 5.02 Å². The van der Waals surface area contributed by atoms with E-state index in [1.807, 2.05) is 42.5 Å². The van der Waals surface area contributed by atoms with Gasteiger partial charge in [-0.3, -0.25) is 0 Å². The number of benzene rings is 2. The first-order chi connectivity index (χ1) is 10.2. The second-order valence-corrected chi connectivity index (χ2v) is 4.62. The van der Waals surface area contributed by atoms with Crippen LogP contribution < -0.4 is 4.74 Å². The largest absolute Gasteiger partial charge is 0.481 e. The van der Waals surface area contributed by atoms with Crippen LogP contribution in [0.15, 0.2) is 48.5 Å². The van der Waals surface area contributed by atoms with Crippen molar-refractivity contribution in [1.29, 1.82) is 5.26 Å². The Hall–Kier alpha value is -2.68. The van der Waals surface area contributed by atoms with Gasteiger partial charge in [-0.25, -0.2) is 0 Å². The van der Waals surface area contributed by atoms with Crippen LogP contribution in [-0.2, 0) is 0 Å². The van der Waals surface area contributed by atoms with E-state index in [2.05, 4.69) is 12.0 Å². The number of nitriles is 1. The van der Waals surface area contributed by atoms with Crippen LogP contribution in [0.25, 0.3) is 11.6 Å². The predicted molar refractivity (Wildman–Crippen MR) is 85.7 cm³/mol. The molecule has 0 amide bonds. The molecular weight excluding hydrogens is 282 g/mol. The SMILES string of the molecule is C#CCOc1ccc(C=C(C#N)c2ccccc2Cl)cc1. The molecule has 0 aliphatic carbocycles. The molecule has 0 saturated heterocycles. The van der Waals surface area contributed by atoms with E-state index in [1.54, 1.807) is 12.1 Å². The fourth-order valence-corrected chi connectivity index (χ4v) is 2.04. The highest BCUT2D eigenvalue weighted by atomic mass is 35.5. The van der Waals surface area contributed by atoms with Gasteiger partial charge in [-0.05, 0) is 29.8 Å². The highest BCUT2D eigenvalue weighted by molar-refractivity contribution is 6.32. The molecule has 0 aromatic heterocycles. The zero-order valence-corrected chi connectivity index (χ0v) is 12.0. The molecule has 0 saturated carbocycles. The van der Waals surface area contributed by atoms with Crippen LogP contribution in [0.5, 0.6) is 5.75 Å². The third kappa shape index (κ3) is 3.89. The molecule has 21 heavy (non-hydrogen) atoms. The van der Waals surface area contributed by atoms with E-state index in [1.165, 1.54) is 0 Å². The lowest BCUT2D eigenvalue weighted by molar-refractivity contribution is 0.370. The maximum atomic E-state index is 9.31. The second-order valence-electron chi connectivity index (χ2n) is 4.21. The van der Waals surface area contributed by atoms with E-state index in [0.29, 0.717) is 21.9 Å². The average molecular weight is 294 g/mol. The quantitative estimate of drug-likeness (QED) is 0.475. The molecule has 0 N–H and O–H groups in total. The van der Waals surface area contributed by atoms with Gasteiger partial charge in [0.15, 0.2) is 0 Å². The number of allylic oxidation sites excluding steroid dienone is 1. The summed E-state index contributed by atoms with van der Waals surface area (Å²) in [6, 6.07) is 16.8. The standard InChI is InChI=1S/C18H12ClNO/c1-2-11-21-16-9-7-14(8-10-16)12-15(13-20)17-5-3-4-6-18(17)19/h1,3-10,12H,11H2. The van der Waals surface area contributed by atoms with E-state index in [9.17, 15) is 5.26 Å². The monoisotopic (exact) mass is 293 g/mol. The van der Waals surface area contributed by atoms with Gasteiger partial charge in [0.2, 0.25) is 0 Å². The van der Waals surface area contributed by atoms with Gasteiger partial charge in [0.1, 0.15) is 12.4 Å². The van der Waals surface area contributed by atoms with Crippen molar-refractivity contribution in [3.05, 3.63) is 64.7 Å². The zero-order chi connectivity index (χ0) is 15.1. The highest BCUT2D eigenvalue weighted by Gasteiger charge is 2.05. The maximum absolute atomic E-state index is 9.31. The van der Waals surface area contributed by atoms with Crippen molar-refractivity contribution >= 4 is 23.3 Å². The summed E-state index contributed by atoms with van der Waals surface area (Å²) in [4.78, 5) is 0. The Labute approximate surface area is 129 Å². The Bertz CT molecular complexity index is 733. The first-order valence-corrected chi connectivity index (χ1v) is 6.65. The summed E-state index contributed by atoms with van der Waals surface area (Å²) in [7, 11) is 0. The van der Waals surface area contributed by atoms with Crippen molar-refractivity contribution < 1.29 is 4.74 Å². The van der Waals surface area contributed by atoms with E-state index in [-0.39, 0.29) is 6.61 Å². The second kappa shape index (κ2) is 7.20. The fourth-order valence-electron chi connectivity index (χ4n) is 1.80. The minimum Gasteiger partial charge on any atom is -0.481 e. The Morgan fingerprint density at radius 2 is 1.90 bits per heavy atom. The first kappa shape index (κ1) is 14.7. The molecule has 0 fully saturated rings. The lowest BCUT2D eigenvalue weighted by Gasteiger charge is -2.04. The molecule has 0 aliphatic rings. The number of nitrogens with zero attached hydrogens (tertiary/aromatic N) is 1. The maximum Gasteiger partial charge on any atom is 0.148 e. The topological polar surface area (TPSA) is 33.0 Å². The lowest BCUT2D eigenvalue weighted by atomic mass is 10.0. The average Bonchev–Trinajstić information content (AvgIpc) is 2.52. The van der Waals surface area contributed by atoms with Crippen molar-refractivity contribution in [3.63, 3.8) is 0 Å². The number of halogens is 1. The molecule has 2 aromatic carbocycles. The summed E-state index contributed by atoms with van der Waals surface area (Å²) in [6.45, 7) is 0.234. The summed E-state index contributed by atoms with van der Waals surface area (Å²) in [5.74, 6) is 3.10. The Morgan fingerprint density at radius 1 is 1.19 bits per heavy atom. The first-order valence-electron chi connectivity index (χ1n) is 6.27. The minimum absolute atomic E-state index is 0.234. The molecule has 102 valence electrons. The normalized spacial score (nSPS) is 10.5. The molecule has 3 heteroatoms. The van der Waals surface area contributed by atoms with Crippen molar-refractivity contribution in [1.82, 2.24) is 0 Å². The number of hydrogen-bond donors (Lipinski definition) is 0. The molecule has 2 rings (SSSR count). The number of terminal acetylenes is 1. The van der Waals surface area contributed by atoms with Crippen LogP contribution in [0, 0.1) is 23.7 Å². The molecular formula is C18H12ClNO. The molecule has 0 bridgehead atoms. The van der Waals surface area contributed by atoms with Crippen LogP contribution in [0.3, 0.4) is 0 Å². The van der Waals surface area contributed by atoms with Crippen molar-refractivity contribution in [2.45, 2.75) is 0 Å². The van der Waals surface area contributed by atoms with Gasteiger partial charge >= 0.3 is 0 Å². The molecule has 0 aliphatic heterocycles. The number of hydrogen-bond acceptors (Lipinski definition) is 2. The Balaban J connectivity index is 2.27. The van der Waals surface area contributed by atoms with E-state index >= 15 is 0 Å². The van der Waals surface area contributed by atoms with Gasteiger partial charge in [0.25, 0.3) is 0 Å². The summed E-state index contributed by atoms with van der Waals surface area (Å²) < 4.78 is 5.30. The molecule has 0 atom stereocenters. The number of rotatable bonds is 4. The molecule has 2 aromatic rings. The smallest absolute Gasteiger partial charge is 0.148 e. The predicted octanol–water partition coefficient (Wildman–Crippen LogP) is 4.42. The van der Waals surface area contributed by atoms with E-state index < -0.39 is 0 Å². The van der Waals surface area contributed by atoms with Gasteiger partial charge in [0, 0.05) is 10.6 Å². The van der Waals surface area contributed by atoms with Crippen molar-refractivity contribution in [3.8, 4) is 24.2 Å². The van der Waals surface area contributed by atoms with Crippen LogP contribution >= 0.6 is 11.6 Å². The zero-order valence-electron chi connectivity index (χ0n) is 11.2. The van der Waals surface area contributed by atoms with E-state index in [4.69, 9.17) is 22.8 Å². The third-order valence-corrected chi connectivity index (χ3v) is 3.13. The minimum atomic E-state index is 0.234. The third-order valence-electron chi connectivity index (χ3n) is 2.80. The van der Waals surface area contributed by atoms with Crippen LogP contribution in [-0.4, -0.2) is 6.61 Å². The summed E-state index contributed by atoms with van der Waals surface area (Å²) in [5, 5.41) is 9.87. The van der Waals surface area contributed by atoms with Crippen LogP contribution in [0.1, 0.15) is 11.1 Å². The fraction of sp³-hybridized carbons (Fsp3) is 0.0556. The molecule has 0 spiro atoms. The van der Waals surface area contributed by atoms with E-state index in [0.717, 1.165) is 5.56 Å². The Morgan fingerprint density at radius 3 is 2.52 bits per heavy atom. The number of ether oxygens (including phenoxy) is 1. The summed E-state index contributed by atoms with van der Waals surface area (Å²) in [5.41, 5.74) is 2.12. The summed E-state index contributed by atoms with van der Waals surface area (Å²) in [6.07, 6.45) is 6.92. The van der Waals surface area contributed by atoms with Gasteiger partial charge in [-0.15, -0.1) is 6.42 Å². The van der Waals surface area contributed by atoms with Crippen molar-refractivity contribution in [2.75, 3.05) is 6.61 Å². The molecule has 0 unspecified atom stereocenters. The van der Waals surface area contributed by atoms with Gasteiger partial charge in [-0.1, -0.05) is 47.9 Å². The summed E-state index contributed by atoms with van der Waals surface area (Å²) >= 11 is 6.12. The Kier molecular flexibility index (Phi) is 5.04. The molecule has 0 radical (unpaired) electrons. The lowest BCUT2D eigenvalue weighted by Crippen LogP contribution is -1.92. The van der Waals surface area contributed by atoms with Gasteiger partial charge in [0.05, 0.1) is 11.6 Å². The van der Waals surface area contributed by atoms with Gasteiger partial charge < -0.3 is 4.74 Å². The molecule has 2 nitrogen and oxygen atoms in total. The van der Waals surface area contributed by atoms with Gasteiger partial charge in [-0.2, -0.15) is 5.26 Å². The van der Waals surface area contributed by atoms with Crippen molar-refractivity contribution in [2.24, 2.45) is 0 Å². The molecule has 0 heterocycles. The van der Waals surface area contributed by atoms with Crippen LogP contribution in [0.4, 0.5) is 0 Å². The highest BCUT2D eigenvalue weighted by Crippen LogP contribution is 2.25.